The highest BCUT2D eigenvalue weighted by molar-refractivity contribution is 14.1. The van der Waals surface area contributed by atoms with Gasteiger partial charge in [0.05, 0.1) is 15.6 Å². The van der Waals surface area contributed by atoms with Gasteiger partial charge in [0, 0.05) is 6.54 Å². The van der Waals surface area contributed by atoms with Crippen LogP contribution < -0.4 is 14.2 Å². The maximum atomic E-state index is 12.2. The molecule has 0 aromatic heterocycles. The molecule has 0 fully saturated rings. The van der Waals surface area contributed by atoms with Gasteiger partial charge < -0.3 is 9.47 Å². The van der Waals surface area contributed by atoms with Crippen molar-refractivity contribution in [1.29, 1.82) is 0 Å². The second-order valence-corrected chi connectivity index (χ2v) is 7.28. The second kappa shape index (κ2) is 7.80. The number of sulfonamides is 1. The van der Waals surface area contributed by atoms with Crippen LogP contribution in [0.15, 0.2) is 53.4 Å². The Labute approximate surface area is 143 Å². The van der Waals surface area contributed by atoms with Crippen molar-refractivity contribution in [2.24, 2.45) is 0 Å². The maximum Gasteiger partial charge on any atom is 0.240 e. The average Bonchev–Trinajstić information content (AvgIpc) is 2.52. The molecule has 2 aromatic carbocycles. The molecule has 0 atom stereocenters. The van der Waals surface area contributed by atoms with Gasteiger partial charge in [0.2, 0.25) is 10.0 Å². The van der Waals surface area contributed by atoms with Crippen molar-refractivity contribution in [3.63, 3.8) is 0 Å². The highest BCUT2D eigenvalue weighted by Crippen LogP contribution is 2.23. The Morgan fingerprint density at radius 3 is 2.50 bits per heavy atom. The minimum absolute atomic E-state index is 0.194. The van der Waals surface area contributed by atoms with E-state index in [2.05, 4.69) is 4.72 Å². The summed E-state index contributed by atoms with van der Waals surface area (Å²) in [6.07, 6.45) is 0. The van der Waals surface area contributed by atoms with Crippen LogP contribution in [0.1, 0.15) is 0 Å². The van der Waals surface area contributed by atoms with Gasteiger partial charge in [-0.2, -0.15) is 0 Å². The topological polar surface area (TPSA) is 64.6 Å². The summed E-state index contributed by atoms with van der Waals surface area (Å²) in [7, 11) is -2.01. The van der Waals surface area contributed by atoms with Crippen molar-refractivity contribution in [1.82, 2.24) is 4.72 Å². The molecule has 0 heterocycles. The summed E-state index contributed by atoms with van der Waals surface area (Å²) in [6.45, 7) is 0.455. The third kappa shape index (κ3) is 4.59. The summed E-state index contributed by atoms with van der Waals surface area (Å²) in [5.74, 6) is 1.35. The zero-order valence-electron chi connectivity index (χ0n) is 12.0. The van der Waals surface area contributed by atoms with Crippen LogP contribution in [-0.4, -0.2) is 28.7 Å². The lowest BCUT2D eigenvalue weighted by atomic mass is 10.3. The van der Waals surface area contributed by atoms with E-state index in [1.54, 1.807) is 19.2 Å². The van der Waals surface area contributed by atoms with Gasteiger partial charge in [-0.15, -0.1) is 0 Å². The third-order valence-electron chi connectivity index (χ3n) is 2.84. The molecule has 1 N–H and O–H groups in total. The first-order valence-electron chi connectivity index (χ1n) is 6.54. The number of hydrogen-bond acceptors (Lipinski definition) is 4. The smallest absolute Gasteiger partial charge is 0.240 e. The van der Waals surface area contributed by atoms with Crippen LogP contribution in [0.2, 0.25) is 0 Å². The van der Waals surface area contributed by atoms with Gasteiger partial charge >= 0.3 is 0 Å². The molecular weight excluding hydrogens is 417 g/mol. The lowest BCUT2D eigenvalue weighted by Crippen LogP contribution is -2.28. The van der Waals surface area contributed by atoms with Gasteiger partial charge in [-0.05, 0) is 52.9 Å². The lowest BCUT2D eigenvalue weighted by Gasteiger charge is -2.10. The molecule has 5 nitrogen and oxygen atoms in total. The Morgan fingerprint density at radius 2 is 1.86 bits per heavy atom. The van der Waals surface area contributed by atoms with Crippen molar-refractivity contribution < 1.29 is 17.9 Å². The van der Waals surface area contributed by atoms with Crippen LogP contribution in [-0.2, 0) is 10.0 Å². The predicted octanol–water partition coefficient (Wildman–Crippen LogP) is 2.66. The molecule has 0 saturated carbocycles. The number of ether oxygens (including phenoxy) is 2. The summed E-state index contributed by atoms with van der Waals surface area (Å²) in [6, 6.07) is 14.0. The van der Waals surface area contributed by atoms with Gasteiger partial charge in [-0.1, -0.05) is 18.2 Å². The largest absolute Gasteiger partial charge is 0.496 e. The van der Waals surface area contributed by atoms with E-state index in [1.807, 2.05) is 52.9 Å². The molecule has 22 heavy (non-hydrogen) atoms. The maximum absolute atomic E-state index is 12.2. The van der Waals surface area contributed by atoms with Crippen LogP contribution in [0, 0.1) is 3.57 Å². The van der Waals surface area contributed by atoms with Gasteiger partial charge in [-0.25, -0.2) is 13.1 Å². The van der Waals surface area contributed by atoms with Gasteiger partial charge in [0.15, 0.2) is 0 Å². The first-order valence-corrected chi connectivity index (χ1v) is 9.10. The number of rotatable bonds is 7. The van der Waals surface area contributed by atoms with Crippen LogP contribution >= 0.6 is 22.6 Å². The lowest BCUT2D eigenvalue weighted by molar-refractivity contribution is 0.323. The molecule has 0 spiro atoms. The number of benzene rings is 2. The van der Waals surface area contributed by atoms with Gasteiger partial charge in [-0.3, -0.25) is 0 Å². The molecule has 0 aliphatic heterocycles. The van der Waals surface area contributed by atoms with E-state index in [9.17, 15) is 8.42 Å². The zero-order valence-corrected chi connectivity index (χ0v) is 14.9. The van der Waals surface area contributed by atoms with E-state index >= 15 is 0 Å². The summed E-state index contributed by atoms with van der Waals surface area (Å²) >= 11 is 2.04. The highest BCUT2D eigenvalue weighted by atomic mass is 127. The molecule has 0 bridgehead atoms. The fourth-order valence-corrected chi connectivity index (χ4v) is 3.74. The monoisotopic (exact) mass is 433 g/mol. The Kier molecular flexibility index (Phi) is 6.04. The molecule has 0 amide bonds. The number of halogens is 1. The standard InChI is InChI=1S/C15H16INO4S/c1-20-15-8-7-13(11-14(15)16)22(18,19)17-9-10-21-12-5-3-2-4-6-12/h2-8,11,17H,9-10H2,1H3. The molecular formula is C15H16INO4S. The predicted molar refractivity (Wildman–Crippen MR) is 92.8 cm³/mol. The van der Waals surface area contributed by atoms with Crippen molar-refractivity contribution in [3.05, 3.63) is 52.1 Å². The minimum Gasteiger partial charge on any atom is -0.496 e. The van der Waals surface area contributed by atoms with E-state index in [-0.39, 0.29) is 18.0 Å². The first-order chi connectivity index (χ1) is 10.5. The van der Waals surface area contributed by atoms with Gasteiger partial charge in [0.1, 0.15) is 18.1 Å². The summed E-state index contributed by atoms with van der Waals surface area (Å²) in [5.41, 5.74) is 0. The van der Waals surface area contributed by atoms with Crippen LogP contribution in [0.25, 0.3) is 0 Å². The zero-order chi connectivity index (χ0) is 16.0. The van der Waals surface area contributed by atoms with Crippen molar-refractivity contribution >= 4 is 32.6 Å². The number of para-hydroxylation sites is 1. The van der Waals surface area contributed by atoms with Crippen LogP contribution in [0.5, 0.6) is 11.5 Å². The minimum atomic E-state index is -3.55. The van der Waals surface area contributed by atoms with Crippen molar-refractivity contribution in [2.75, 3.05) is 20.3 Å². The van der Waals surface area contributed by atoms with Crippen molar-refractivity contribution in [3.8, 4) is 11.5 Å². The molecule has 0 aliphatic carbocycles. The molecule has 0 aliphatic rings. The quantitative estimate of drug-likeness (QED) is 0.539. The number of hydrogen-bond donors (Lipinski definition) is 1. The molecule has 0 unspecified atom stereocenters. The number of methoxy groups -OCH3 is 1. The summed E-state index contributed by atoms with van der Waals surface area (Å²) in [4.78, 5) is 0.206. The number of nitrogens with one attached hydrogen (secondary N) is 1. The highest BCUT2D eigenvalue weighted by Gasteiger charge is 2.15. The molecule has 2 rings (SSSR count). The van der Waals surface area contributed by atoms with Crippen LogP contribution in [0.4, 0.5) is 0 Å². The molecule has 2 aromatic rings. The Balaban J connectivity index is 1.92. The Morgan fingerprint density at radius 1 is 1.14 bits per heavy atom. The third-order valence-corrected chi connectivity index (χ3v) is 5.14. The molecule has 118 valence electrons. The van der Waals surface area contributed by atoms with Gasteiger partial charge in [0.25, 0.3) is 0 Å². The van der Waals surface area contributed by atoms with E-state index in [0.29, 0.717) is 11.5 Å². The van der Waals surface area contributed by atoms with E-state index in [1.165, 1.54) is 6.07 Å². The first kappa shape index (κ1) is 17.0. The molecule has 0 saturated heterocycles. The van der Waals surface area contributed by atoms with E-state index in [0.717, 1.165) is 3.57 Å². The average molecular weight is 433 g/mol. The fourth-order valence-electron chi connectivity index (χ4n) is 1.76. The Hall–Kier alpha value is -1.32. The van der Waals surface area contributed by atoms with E-state index < -0.39 is 10.0 Å². The van der Waals surface area contributed by atoms with E-state index in [4.69, 9.17) is 9.47 Å². The molecule has 0 radical (unpaired) electrons. The summed E-state index contributed by atoms with van der Waals surface area (Å²) < 4.78 is 38.2. The van der Waals surface area contributed by atoms with Crippen LogP contribution in [0.3, 0.4) is 0 Å². The van der Waals surface area contributed by atoms with Crippen molar-refractivity contribution in [2.45, 2.75) is 4.90 Å². The SMILES string of the molecule is COc1ccc(S(=O)(=O)NCCOc2ccccc2)cc1I. The second-order valence-electron chi connectivity index (χ2n) is 4.36. The normalized spacial score (nSPS) is 11.2. The Bertz CT molecular complexity index is 720. The fraction of sp³-hybridized carbons (Fsp3) is 0.200. The molecule has 7 heteroatoms. The summed E-state index contributed by atoms with van der Waals surface area (Å²) in [5, 5.41) is 0.